The van der Waals surface area contributed by atoms with E-state index in [1.54, 1.807) is 28.8 Å². The number of benzene rings is 2. The average Bonchev–Trinajstić information content (AvgIpc) is 3.39. The fourth-order valence-electron chi connectivity index (χ4n) is 4.70. The predicted octanol–water partition coefficient (Wildman–Crippen LogP) is 2.19. The molecule has 2 aliphatic heterocycles. The van der Waals surface area contributed by atoms with Gasteiger partial charge in [0.2, 0.25) is 11.8 Å². The molecule has 12 nitrogen and oxygen atoms in total. The number of nitrogens with zero attached hydrogens (tertiary/aromatic N) is 4. The summed E-state index contributed by atoms with van der Waals surface area (Å²) in [6.07, 6.45) is 2.27. The summed E-state index contributed by atoms with van der Waals surface area (Å²) in [6, 6.07) is 10.2. The minimum Gasteiger partial charge on any atom is -0.351 e. The summed E-state index contributed by atoms with van der Waals surface area (Å²) in [5, 5.41) is 25.2. The Morgan fingerprint density at radius 2 is 1.69 bits per heavy atom. The van der Waals surface area contributed by atoms with E-state index in [0.717, 1.165) is 5.75 Å². The van der Waals surface area contributed by atoms with E-state index in [9.17, 15) is 29.8 Å². The first-order valence-corrected chi connectivity index (χ1v) is 12.7. The molecule has 36 heavy (non-hydrogen) atoms. The van der Waals surface area contributed by atoms with Crippen LogP contribution in [0.25, 0.3) is 0 Å². The molecule has 13 heteroatoms. The van der Waals surface area contributed by atoms with Crippen LogP contribution in [-0.4, -0.2) is 63.2 Å². The second kappa shape index (κ2) is 10.6. The number of nitro benzene ring substituents is 2. The molecule has 0 saturated carbocycles. The lowest BCUT2D eigenvalue weighted by Crippen LogP contribution is -2.47. The zero-order valence-electron chi connectivity index (χ0n) is 19.5. The maximum absolute atomic E-state index is 13.6. The van der Waals surface area contributed by atoms with Gasteiger partial charge in [0.1, 0.15) is 6.17 Å². The summed E-state index contributed by atoms with van der Waals surface area (Å²) < 4.78 is 0. The average molecular weight is 515 g/mol. The molecule has 0 aromatic heterocycles. The Balaban J connectivity index is 1.61. The molecule has 4 rings (SSSR count). The van der Waals surface area contributed by atoms with Gasteiger partial charge in [0.05, 0.1) is 21.9 Å². The largest absolute Gasteiger partial charge is 0.351 e. The van der Waals surface area contributed by atoms with E-state index in [4.69, 9.17) is 5.73 Å². The summed E-state index contributed by atoms with van der Waals surface area (Å²) in [4.78, 5) is 50.8. The summed E-state index contributed by atoms with van der Waals surface area (Å²) in [5.74, 6) is 0.288. The van der Waals surface area contributed by atoms with Gasteiger partial charge in [-0.3, -0.25) is 39.6 Å². The lowest BCUT2D eigenvalue weighted by atomic mass is 10.1. The van der Waals surface area contributed by atoms with Crippen LogP contribution in [0.2, 0.25) is 0 Å². The molecule has 3 N–H and O–H groups in total. The van der Waals surface area contributed by atoms with Crippen molar-refractivity contribution in [2.24, 2.45) is 5.73 Å². The number of amides is 2. The maximum Gasteiger partial charge on any atom is 0.269 e. The van der Waals surface area contributed by atoms with Crippen molar-refractivity contribution in [1.29, 1.82) is 0 Å². The van der Waals surface area contributed by atoms with E-state index in [0.29, 0.717) is 30.6 Å². The topological polar surface area (TPSA) is 165 Å². The minimum atomic E-state index is -0.634. The Morgan fingerprint density at radius 3 is 2.25 bits per heavy atom. The van der Waals surface area contributed by atoms with Gasteiger partial charge >= 0.3 is 0 Å². The number of thioether (sulfide) groups is 1. The zero-order valence-corrected chi connectivity index (χ0v) is 20.3. The van der Waals surface area contributed by atoms with E-state index in [-0.39, 0.29) is 29.2 Å². The second-order valence-electron chi connectivity index (χ2n) is 8.75. The number of anilines is 1. The Morgan fingerprint density at radius 1 is 1.11 bits per heavy atom. The fourth-order valence-corrected chi connectivity index (χ4v) is 5.19. The van der Waals surface area contributed by atoms with E-state index >= 15 is 0 Å². The lowest BCUT2D eigenvalue weighted by Gasteiger charge is -2.30. The van der Waals surface area contributed by atoms with Crippen molar-refractivity contribution in [3.05, 3.63) is 74.3 Å². The molecule has 2 aromatic carbocycles. The first kappa shape index (κ1) is 25.5. The van der Waals surface area contributed by atoms with Crippen molar-refractivity contribution < 1.29 is 19.4 Å². The van der Waals surface area contributed by atoms with Crippen molar-refractivity contribution in [2.75, 3.05) is 23.5 Å². The number of rotatable bonds is 9. The molecule has 2 saturated heterocycles. The van der Waals surface area contributed by atoms with Crippen LogP contribution in [0.15, 0.2) is 48.5 Å². The molecule has 1 unspecified atom stereocenters. The molecule has 2 amide bonds. The van der Waals surface area contributed by atoms with Crippen molar-refractivity contribution >= 4 is 40.6 Å². The number of carbonyl (C=O) groups excluding carboxylic acids is 2. The van der Waals surface area contributed by atoms with Gasteiger partial charge in [0, 0.05) is 42.5 Å². The van der Waals surface area contributed by atoms with Crippen LogP contribution in [0.4, 0.5) is 17.1 Å². The van der Waals surface area contributed by atoms with Gasteiger partial charge in [-0.1, -0.05) is 0 Å². The number of nitro groups is 2. The first-order valence-electron chi connectivity index (χ1n) is 11.3. The third kappa shape index (κ3) is 5.03. The van der Waals surface area contributed by atoms with Gasteiger partial charge in [-0.2, -0.15) is 11.8 Å². The molecule has 0 bridgehead atoms. The highest BCUT2D eigenvalue weighted by Crippen LogP contribution is 2.43. The SMILES string of the molecule is CSCC[C@H](N)C(=O)N[C@H]1C[C@H]2C(=O)N(c3ccc([N+](=O)[O-])cc3)C(c3ccc([N+](=O)[O-])cc3)N2C1. The summed E-state index contributed by atoms with van der Waals surface area (Å²) in [6.45, 7) is 0.378. The number of hydrogen-bond acceptors (Lipinski definition) is 9. The molecule has 0 spiro atoms. The van der Waals surface area contributed by atoms with Crippen LogP contribution in [-0.2, 0) is 9.59 Å². The number of fused-ring (bicyclic) bond motifs is 1. The summed E-state index contributed by atoms with van der Waals surface area (Å²) in [5.41, 5.74) is 6.95. The lowest BCUT2D eigenvalue weighted by molar-refractivity contribution is -0.385. The highest BCUT2D eigenvalue weighted by Gasteiger charge is 2.52. The Hall–Kier alpha value is -3.55. The minimum absolute atomic E-state index is 0.0766. The zero-order chi connectivity index (χ0) is 26.0. The van der Waals surface area contributed by atoms with Crippen LogP contribution in [0.1, 0.15) is 24.6 Å². The van der Waals surface area contributed by atoms with Crippen molar-refractivity contribution in [2.45, 2.75) is 37.1 Å². The fraction of sp³-hybridized carbons (Fsp3) is 0.391. The van der Waals surface area contributed by atoms with Crippen LogP contribution >= 0.6 is 11.8 Å². The smallest absolute Gasteiger partial charge is 0.269 e. The van der Waals surface area contributed by atoms with E-state index in [1.807, 2.05) is 11.2 Å². The van der Waals surface area contributed by atoms with Gasteiger partial charge in [-0.15, -0.1) is 0 Å². The van der Waals surface area contributed by atoms with Gasteiger partial charge in [0.25, 0.3) is 11.4 Å². The molecule has 2 aromatic rings. The van der Waals surface area contributed by atoms with Crippen LogP contribution in [0, 0.1) is 20.2 Å². The van der Waals surface area contributed by atoms with Gasteiger partial charge in [-0.05, 0) is 54.7 Å². The quantitative estimate of drug-likeness (QED) is 0.377. The number of nitrogens with two attached hydrogens (primary N) is 1. The molecule has 0 radical (unpaired) electrons. The van der Waals surface area contributed by atoms with Gasteiger partial charge < -0.3 is 11.1 Å². The van der Waals surface area contributed by atoms with Crippen molar-refractivity contribution in [1.82, 2.24) is 10.2 Å². The summed E-state index contributed by atoms with van der Waals surface area (Å²) >= 11 is 1.61. The van der Waals surface area contributed by atoms with Gasteiger partial charge in [0.15, 0.2) is 0 Å². The predicted molar refractivity (Wildman–Crippen MR) is 134 cm³/mol. The third-order valence-corrected chi connectivity index (χ3v) is 7.12. The molecule has 0 aliphatic carbocycles. The molecule has 4 atom stereocenters. The van der Waals surface area contributed by atoms with Crippen molar-refractivity contribution in [3.63, 3.8) is 0 Å². The number of non-ortho nitro benzene ring substituents is 2. The van der Waals surface area contributed by atoms with Crippen LogP contribution < -0.4 is 16.0 Å². The summed E-state index contributed by atoms with van der Waals surface area (Å²) in [7, 11) is 0. The molecular weight excluding hydrogens is 488 g/mol. The van der Waals surface area contributed by atoms with Crippen molar-refractivity contribution in [3.8, 4) is 0 Å². The number of nitrogens with one attached hydrogen (secondary N) is 1. The van der Waals surface area contributed by atoms with E-state index < -0.39 is 28.1 Å². The number of carbonyl (C=O) groups is 2. The second-order valence-corrected chi connectivity index (χ2v) is 9.73. The van der Waals surface area contributed by atoms with E-state index in [2.05, 4.69) is 5.32 Å². The highest BCUT2D eigenvalue weighted by atomic mass is 32.2. The highest BCUT2D eigenvalue weighted by molar-refractivity contribution is 7.98. The van der Waals surface area contributed by atoms with Gasteiger partial charge in [-0.25, -0.2) is 0 Å². The molecule has 2 aliphatic rings. The molecular formula is C23H26N6O6S. The third-order valence-electron chi connectivity index (χ3n) is 6.48. The maximum atomic E-state index is 13.6. The first-order chi connectivity index (χ1) is 17.2. The van der Waals surface area contributed by atoms with Crippen LogP contribution in [0.3, 0.4) is 0 Å². The standard InChI is InChI=1S/C23H26N6O6S/c1-36-11-10-19(24)21(30)25-15-12-20-23(31)27(16-6-8-18(9-7-16)29(34)35)22(26(20)13-15)14-2-4-17(5-3-14)28(32)33/h2-9,15,19-20,22H,10-13,24H2,1H3,(H,25,30)/t15-,19-,20-,22?/m0/s1. The molecule has 190 valence electrons. The Labute approximate surface area is 211 Å². The Bertz CT molecular complexity index is 1160. The number of hydrogen-bond donors (Lipinski definition) is 2. The molecule has 2 heterocycles. The normalized spacial score (nSPS) is 22.3. The van der Waals surface area contributed by atoms with Crippen LogP contribution in [0.5, 0.6) is 0 Å². The molecule has 2 fully saturated rings. The van der Waals surface area contributed by atoms with E-state index in [1.165, 1.54) is 36.4 Å². The monoisotopic (exact) mass is 514 g/mol. The Kier molecular flexibility index (Phi) is 7.52.